The maximum Gasteiger partial charge on any atom is 0.153 e. The lowest BCUT2D eigenvalue weighted by Gasteiger charge is -1.97. The van der Waals surface area contributed by atoms with Crippen LogP contribution in [0.2, 0.25) is 0 Å². The molecule has 0 unspecified atom stereocenters. The molecule has 2 aromatic rings. The minimum atomic E-state index is -0.0751. The Morgan fingerprint density at radius 3 is 2.37 bits per heavy atom. The molecule has 0 saturated carbocycles. The van der Waals surface area contributed by atoms with Crippen LogP contribution in [-0.4, -0.2) is 17.7 Å². The summed E-state index contributed by atoms with van der Waals surface area (Å²) < 4.78 is 0. The van der Waals surface area contributed by atoms with Crippen LogP contribution < -0.4 is 0 Å². The summed E-state index contributed by atoms with van der Waals surface area (Å²) >= 11 is 0. The molecule has 3 nitrogen and oxygen atoms in total. The van der Waals surface area contributed by atoms with E-state index in [1.54, 1.807) is 30.3 Å². The van der Waals surface area contributed by atoms with E-state index < -0.39 is 0 Å². The number of aldehydes is 2. The van der Waals surface area contributed by atoms with E-state index >= 15 is 0 Å². The van der Waals surface area contributed by atoms with Crippen LogP contribution in [0.4, 0.5) is 0 Å². The van der Waals surface area contributed by atoms with Crippen LogP contribution in [0, 0.1) is 11.8 Å². The van der Waals surface area contributed by atoms with E-state index in [0.29, 0.717) is 23.0 Å². The van der Waals surface area contributed by atoms with Crippen LogP contribution in [-0.2, 0) is 0 Å². The van der Waals surface area contributed by atoms with Gasteiger partial charge in [-0.3, -0.25) is 9.59 Å². The van der Waals surface area contributed by atoms with Gasteiger partial charge in [-0.05, 0) is 24.3 Å². The van der Waals surface area contributed by atoms with Crippen LogP contribution in [0.1, 0.15) is 31.8 Å². The maximum atomic E-state index is 10.8. The molecule has 0 heterocycles. The number of hydrogen-bond donors (Lipinski definition) is 1. The van der Waals surface area contributed by atoms with Crippen molar-refractivity contribution in [3.63, 3.8) is 0 Å². The lowest BCUT2D eigenvalue weighted by atomic mass is 10.1. The van der Waals surface area contributed by atoms with Crippen LogP contribution in [0.25, 0.3) is 0 Å². The quantitative estimate of drug-likeness (QED) is 0.657. The molecule has 92 valence electrons. The van der Waals surface area contributed by atoms with Gasteiger partial charge in [0.05, 0.1) is 5.56 Å². The van der Waals surface area contributed by atoms with E-state index in [-0.39, 0.29) is 11.3 Å². The molecule has 0 atom stereocenters. The van der Waals surface area contributed by atoms with Crippen molar-refractivity contribution in [3.05, 3.63) is 64.7 Å². The second-order valence-corrected chi connectivity index (χ2v) is 3.85. The largest absolute Gasteiger partial charge is 0.507 e. The van der Waals surface area contributed by atoms with Gasteiger partial charge in [0, 0.05) is 16.7 Å². The summed E-state index contributed by atoms with van der Waals surface area (Å²) in [5.41, 5.74) is 1.93. The fourth-order valence-electron chi connectivity index (χ4n) is 1.58. The van der Waals surface area contributed by atoms with E-state index in [0.717, 1.165) is 6.29 Å². The minimum absolute atomic E-state index is 0.0751. The lowest BCUT2D eigenvalue weighted by Crippen LogP contribution is -1.87. The number of carbonyl (C=O) groups is 2. The molecule has 0 saturated heterocycles. The third-order valence-corrected chi connectivity index (χ3v) is 2.58. The smallest absolute Gasteiger partial charge is 0.153 e. The summed E-state index contributed by atoms with van der Waals surface area (Å²) in [7, 11) is 0. The summed E-state index contributed by atoms with van der Waals surface area (Å²) in [4.78, 5) is 21.5. The van der Waals surface area contributed by atoms with Crippen LogP contribution >= 0.6 is 0 Å². The van der Waals surface area contributed by atoms with E-state index in [4.69, 9.17) is 0 Å². The van der Waals surface area contributed by atoms with Crippen molar-refractivity contribution in [3.8, 4) is 17.6 Å². The molecule has 0 amide bonds. The number of rotatable bonds is 2. The van der Waals surface area contributed by atoms with Gasteiger partial charge in [0.1, 0.15) is 5.75 Å². The molecule has 2 aromatic carbocycles. The highest BCUT2D eigenvalue weighted by Crippen LogP contribution is 2.15. The highest BCUT2D eigenvalue weighted by molar-refractivity contribution is 5.81. The summed E-state index contributed by atoms with van der Waals surface area (Å²) in [5.74, 6) is 5.66. The summed E-state index contributed by atoms with van der Waals surface area (Å²) in [6.45, 7) is 0. The first-order valence-corrected chi connectivity index (χ1v) is 5.59. The first-order chi connectivity index (χ1) is 9.24. The fourth-order valence-corrected chi connectivity index (χ4v) is 1.58. The zero-order chi connectivity index (χ0) is 13.7. The van der Waals surface area contributed by atoms with Crippen molar-refractivity contribution in [2.75, 3.05) is 0 Å². The lowest BCUT2D eigenvalue weighted by molar-refractivity contribution is 0.111. The maximum absolute atomic E-state index is 10.8. The molecule has 0 aliphatic rings. The Balaban J connectivity index is 2.39. The molecule has 0 radical (unpaired) electrons. The summed E-state index contributed by atoms with van der Waals surface area (Å²) in [6, 6.07) is 11.5. The average Bonchev–Trinajstić information content (AvgIpc) is 2.46. The van der Waals surface area contributed by atoms with Gasteiger partial charge < -0.3 is 5.11 Å². The van der Waals surface area contributed by atoms with Gasteiger partial charge in [0.15, 0.2) is 12.6 Å². The zero-order valence-corrected chi connectivity index (χ0v) is 9.96. The van der Waals surface area contributed by atoms with Crippen molar-refractivity contribution in [2.24, 2.45) is 0 Å². The van der Waals surface area contributed by atoms with E-state index in [1.807, 2.05) is 0 Å². The van der Waals surface area contributed by atoms with E-state index in [9.17, 15) is 14.7 Å². The van der Waals surface area contributed by atoms with Crippen LogP contribution in [0.5, 0.6) is 5.75 Å². The third-order valence-electron chi connectivity index (χ3n) is 2.58. The molecule has 0 fully saturated rings. The Labute approximate surface area is 110 Å². The van der Waals surface area contributed by atoms with Crippen LogP contribution in [0.15, 0.2) is 42.5 Å². The number of phenolic OH excluding ortho intramolecular Hbond substituents is 1. The van der Waals surface area contributed by atoms with Crippen molar-refractivity contribution in [1.82, 2.24) is 0 Å². The number of phenols is 1. The average molecular weight is 250 g/mol. The fraction of sp³-hybridized carbons (Fsp3) is 0. The van der Waals surface area contributed by atoms with Gasteiger partial charge in [0.2, 0.25) is 0 Å². The molecule has 0 aliphatic heterocycles. The van der Waals surface area contributed by atoms with Gasteiger partial charge >= 0.3 is 0 Å². The van der Waals surface area contributed by atoms with Crippen molar-refractivity contribution >= 4 is 12.6 Å². The van der Waals surface area contributed by atoms with Crippen molar-refractivity contribution in [1.29, 1.82) is 0 Å². The number of carbonyl (C=O) groups excluding carboxylic acids is 2. The Kier molecular flexibility index (Phi) is 3.75. The molecule has 19 heavy (non-hydrogen) atoms. The normalized spacial score (nSPS) is 9.26. The van der Waals surface area contributed by atoms with Gasteiger partial charge in [0.25, 0.3) is 0 Å². The highest BCUT2D eigenvalue weighted by Gasteiger charge is 2.00. The minimum Gasteiger partial charge on any atom is -0.507 e. The first-order valence-electron chi connectivity index (χ1n) is 5.59. The second-order valence-electron chi connectivity index (χ2n) is 3.85. The monoisotopic (exact) mass is 250 g/mol. The number of aromatic hydroxyl groups is 1. The molecule has 3 heteroatoms. The van der Waals surface area contributed by atoms with Gasteiger partial charge in [-0.2, -0.15) is 0 Å². The highest BCUT2D eigenvalue weighted by atomic mass is 16.3. The first kappa shape index (κ1) is 12.6. The topological polar surface area (TPSA) is 54.4 Å². The van der Waals surface area contributed by atoms with E-state index in [1.165, 1.54) is 12.1 Å². The number of hydrogen-bond acceptors (Lipinski definition) is 3. The Morgan fingerprint density at radius 2 is 1.63 bits per heavy atom. The summed E-state index contributed by atoms with van der Waals surface area (Å²) in [6.07, 6.45) is 1.32. The Hall–Kier alpha value is -2.86. The molecule has 0 aliphatic carbocycles. The molecular weight excluding hydrogens is 240 g/mol. The Bertz CT molecular complexity index is 691. The van der Waals surface area contributed by atoms with Gasteiger partial charge in [-0.15, -0.1) is 0 Å². The second kappa shape index (κ2) is 5.65. The van der Waals surface area contributed by atoms with Crippen LogP contribution in [0.3, 0.4) is 0 Å². The molecule has 0 spiro atoms. The Morgan fingerprint density at radius 1 is 0.895 bits per heavy atom. The predicted molar refractivity (Wildman–Crippen MR) is 71.3 cm³/mol. The molecular formula is C16H10O3. The molecule has 0 bridgehead atoms. The summed E-state index contributed by atoms with van der Waals surface area (Å²) in [5, 5.41) is 9.38. The molecule has 2 rings (SSSR count). The SMILES string of the molecule is O=Cc1cc(C#Cc2ccccc2C=O)ccc1O. The predicted octanol–water partition coefficient (Wildman–Crippen LogP) is 2.42. The zero-order valence-electron chi connectivity index (χ0n) is 9.96. The standard InChI is InChI=1S/C16H10O3/c17-10-14-4-2-1-3-13(14)7-5-12-6-8-16(19)15(9-12)11-18/h1-4,6,8-11,19H. The molecule has 0 aromatic heterocycles. The molecule has 1 N–H and O–H groups in total. The van der Waals surface area contributed by atoms with Gasteiger partial charge in [-0.1, -0.05) is 30.0 Å². The van der Waals surface area contributed by atoms with Crippen molar-refractivity contribution < 1.29 is 14.7 Å². The van der Waals surface area contributed by atoms with E-state index in [2.05, 4.69) is 11.8 Å². The van der Waals surface area contributed by atoms with Gasteiger partial charge in [-0.25, -0.2) is 0 Å². The van der Waals surface area contributed by atoms with Crippen molar-refractivity contribution in [2.45, 2.75) is 0 Å². The number of benzene rings is 2. The third kappa shape index (κ3) is 2.88.